The molecule has 2 amide bonds. The molecule has 30 heavy (non-hydrogen) atoms. The largest absolute Gasteiger partial charge is 0.493 e. The van der Waals surface area contributed by atoms with E-state index in [4.69, 9.17) is 9.47 Å². The second kappa shape index (κ2) is 10.8. The Kier molecular flexibility index (Phi) is 8.22. The van der Waals surface area contributed by atoms with E-state index >= 15 is 0 Å². The van der Waals surface area contributed by atoms with Gasteiger partial charge in [0.25, 0.3) is 0 Å². The number of nitrogens with zero attached hydrogens (tertiary/aromatic N) is 1. The van der Waals surface area contributed by atoms with E-state index in [0.717, 1.165) is 0 Å². The predicted molar refractivity (Wildman–Crippen MR) is 114 cm³/mol. The van der Waals surface area contributed by atoms with Crippen molar-refractivity contribution in [3.8, 4) is 11.5 Å². The molecule has 0 saturated heterocycles. The van der Waals surface area contributed by atoms with Gasteiger partial charge in [0, 0.05) is 30.4 Å². The first-order chi connectivity index (χ1) is 14.3. The summed E-state index contributed by atoms with van der Waals surface area (Å²) < 4.78 is 15.6. The molecule has 8 heteroatoms. The van der Waals surface area contributed by atoms with E-state index in [0.29, 0.717) is 41.5 Å². The third kappa shape index (κ3) is 6.23. The lowest BCUT2D eigenvalue weighted by Gasteiger charge is -2.16. The van der Waals surface area contributed by atoms with E-state index < -0.39 is 6.09 Å². The third-order valence-electron chi connectivity index (χ3n) is 4.36. The summed E-state index contributed by atoms with van der Waals surface area (Å²) in [5, 5.41) is 2.80. The molecular weight excluding hydrogens is 388 g/mol. The molecule has 0 radical (unpaired) electrons. The van der Waals surface area contributed by atoms with Crippen LogP contribution in [0.2, 0.25) is 0 Å². The van der Waals surface area contributed by atoms with Crippen LogP contribution in [0.3, 0.4) is 0 Å². The highest BCUT2D eigenvalue weighted by atomic mass is 16.5. The molecule has 0 aliphatic rings. The highest BCUT2D eigenvalue weighted by Gasteiger charge is 2.11. The quantitative estimate of drug-likeness (QED) is 0.494. The zero-order valence-electron chi connectivity index (χ0n) is 17.6. The van der Waals surface area contributed by atoms with Crippen molar-refractivity contribution in [3.05, 3.63) is 48.0 Å². The predicted octanol–water partition coefficient (Wildman–Crippen LogP) is 3.90. The van der Waals surface area contributed by atoms with Gasteiger partial charge in [0.2, 0.25) is 5.91 Å². The van der Waals surface area contributed by atoms with Gasteiger partial charge in [0.05, 0.1) is 20.8 Å². The van der Waals surface area contributed by atoms with Gasteiger partial charge in [-0.3, -0.25) is 14.5 Å². The van der Waals surface area contributed by atoms with Crippen LogP contribution in [0.5, 0.6) is 11.5 Å². The van der Waals surface area contributed by atoms with Gasteiger partial charge < -0.3 is 19.5 Å². The topological polar surface area (TPSA) is 94.2 Å². The number of carbonyl (C=O) groups is 3. The van der Waals surface area contributed by atoms with E-state index in [2.05, 4.69) is 10.1 Å². The minimum absolute atomic E-state index is 0.0542. The van der Waals surface area contributed by atoms with Crippen LogP contribution in [0.25, 0.3) is 0 Å². The summed E-state index contributed by atoms with van der Waals surface area (Å²) in [6.45, 7) is 1.81. The van der Waals surface area contributed by atoms with Crippen LogP contribution in [0.1, 0.15) is 30.1 Å². The Morgan fingerprint density at radius 3 is 2.30 bits per heavy atom. The van der Waals surface area contributed by atoms with Gasteiger partial charge in [-0.15, -0.1) is 0 Å². The molecule has 0 heterocycles. The zero-order valence-corrected chi connectivity index (χ0v) is 17.6. The molecule has 0 unspecified atom stereocenters. The number of Topliss-reactive ketones (excluding diaryl/α,β-unsaturated/α-hetero) is 1. The number of nitrogens with one attached hydrogen (secondary N) is 1. The van der Waals surface area contributed by atoms with Crippen LogP contribution in [0, 0.1) is 0 Å². The third-order valence-corrected chi connectivity index (χ3v) is 4.36. The number of hydrogen-bond donors (Lipinski definition) is 1. The lowest BCUT2D eigenvalue weighted by Crippen LogP contribution is -2.25. The van der Waals surface area contributed by atoms with Crippen molar-refractivity contribution >= 4 is 29.2 Å². The molecule has 0 aliphatic carbocycles. The highest BCUT2D eigenvalue weighted by molar-refractivity contribution is 5.94. The van der Waals surface area contributed by atoms with E-state index in [1.807, 2.05) is 0 Å². The van der Waals surface area contributed by atoms with E-state index in [1.54, 1.807) is 49.5 Å². The average molecular weight is 414 g/mol. The average Bonchev–Trinajstić information content (AvgIpc) is 2.76. The summed E-state index contributed by atoms with van der Waals surface area (Å²) in [5.41, 5.74) is 1.82. The molecule has 2 rings (SSSR count). The molecule has 2 aromatic carbocycles. The monoisotopic (exact) mass is 414 g/mol. The summed E-state index contributed by atoms with van der Waals surface area (Å²) in [7, 11) is 4.42. The van der Waals surface area contributed by atoms with Gasteiger partial charge >= 0.3 is 6.09 Å². The molecule has 0 atom stereocenters. The van der Waals surface area contributed by atoms with Crippen molar-refractivity contribution in [1.29, 1.82) is 0 Å². The number of amides is 2. The maximum absolute atomic E-state index is 12.1. The van der Waals surface area contributed by atoms with E-state index in [1.165, 1.54) is 26.0 Å². The number of anilines is 2. The normalized spacial score (nSPS) is 10.1. The molecule has 1 N–H and O–H groups in total. The number of methoxy groups -OCH3 is 2. The maximum atomic E-state index is 12.1. The summed E-state index contributed by atoms with van der Waals surface area (Å²) in [6.07, 6.45) is 0.309. The Hall–Kier alpha value is -3.55. The molecule has 0 aromatic heterocycles. The lowest BCUT2D eigenvalue weighted by atomic mass is 10.1. The highest BCUT2D eigenvalue weighted by Crippen LogP contribution is 2.28. The van der Waals surface area contributed by atoms with Crippen molar-refractivity contribution < 1.29 is 28.6 Å². The smallest absolute Gasteiger partial charge is 0.413 e. The molecule has 0 spiro atoms. The second-order valence-corrected chi connectivity index (χ2v) is 6.50. The number of ether oxygens (including phenoxy) is 3. The summed E-state index contributed by atoms with van der Waals surface area (Å²) in [5.74, 6) is 0.797. The van der Waals surface area contributed by atoms with Crippen LogP contribution >= 0.6 is 0 Å². The summed E-state index contributed by atoms with van der Waals surface area (Å²) in [6, 6.07) is 11.8. The van der Waals surface area contributed by atoms with Crippen molar-refractivity contribution in [3.63, 3.8) is 0 Å². The van der Waals surface area contributed by atoms with Crippen LogP contribution in [0.15, 0.2) is 42.5 Å². The van der Waals surface area contributed by atoms with Crippen LogP contribution in [-0.2, 0) is 9.53 Å². The fourth-order valence-electron chi connectivity index (χ4n) is 2.65. The summed E-state index contributed by atoms with van der Waals surface area (Å²) >= 11 is 0. The first-order valence-electron chi connectivity index (χ1n) is 9.39. The Morgan fingerprint density at radius 2 is 1.70 bits per heavy atom. The maximum Gasteiger partial charge on any atom is 0.413 e. The van der Waals surface area contributed by atoms with Gasteiger partial charge in [-0.2, -0.15) is 0 Å². The molecule has 2 aromatic rings. The summed E-state index contributed by atoms with van der Waals surface area (Å²) in [4.78, 5) is 36.4. The minimum atomic E-state index is -0.473. The zero-order chi connectivity index (χ0) is 22.1. The van der Waals surface area contributed by atoms with E-state index in [-0.39, 0.29) is 18.1 Å². The Labute approximate surface area is 175 Å². The number of benzene rings is 2. The fourth-order valence-corrected chi connectivity index (χ4v) is 2.65. The fraction of sp³-hybridized carbons (Fsp3) is 0.318. The first-order valence-corrected chi connectivity index (χ1v) is 9.39. The molecule has 8 nitrogen and oxygen atoms in total. The SMILES string of the molecule is COC(=O)N(C)c1ccc(NC(=O)CCCOc2ccc(C(C)=O)cc2OC)cc1. The first kappa shape index (κ1) is 22.7. The number of rotatable bonds is 9. The van der Waals surface area contributed by atoms with Gasteiger partial charge in [-0.25, -0.2) is 4.79 Å². The number of ketones is 1. The standard InChI is InChI=1S/C22H26N2O6/c1-15(25)16-7-12-19(20(14-16)28-3)30-13-5-6-21(26)23-17-8-10-18(11-9-17)24(2)22(27)29-4/h7-12,14H,5-6,13H2,1-4H3,(H,23,26). The van der Waals surface area contributed by atoms with Gasteiger partial charge in [-0.05, 0) is 55.8 Å². The molecule has 0 aliphatic heterocycles. The van der Waals surface area contributed by atoms with Crippen molar-refractivity contribution in [1.82, 2.24) is 0 Å². The van der Waals surface area contributed by atoms with Crippen LogP contribution in [0.4, 0.5) is 16.2 Å². The second-order valence-electron chi connectivity index (χ2n) is 6.50. The van der Waals surface area contributed by atoms with Crippen molar-refractivity contribution in [2.75, 3.05) is 38.1 Å². The van der Waals surface area contributed by atoms with Crippen molar-refractivity contribution in [2.24, 2.45) is 0 Å². The Balaban J connectivity index is 1.80. The van der Waals surface area contributed by atoms with Crippen LogP contribution < -0.4 is 19.7 Å². The van der Waals surface area contributed by atoms with Gasteiger partial charge in [-0.1, -0.05) is 0 Å². The lowest BCUT2D eigenvalue weighted by molar-refractivity contribution is -0.116. The minimum Gasteiger partial charge on any atom is -0.493 e. The van der Waals surface area contributed by atoms with Crippen molar-refractivity contribution in [2.45, 2.75) is 19.8 Å². The Bertz CT molecular complexity index is 895. The molecular formula is C22H26N2O6. The number of hydrogen-bond acceptors (Lipinski definition) is 6. The number of carbonyl (C=O) groups excluding carboxylic acids is 3. The van der Waals surface area contributed by atoms with Gasteiger partial charge in [0.1, 0.15) is 0 Å². The molecule has 160 valence electrons. The Morgan fingerprint density at radius 1 is 1.00 bits per heavy atom. The van der Waals surface area contributed by atoms with E-state index in [9.17, 15) is 14.4 Å². The van der Waals surface area contributed by atoms with Gasteiger partial charge in [0.15, 0.2) is 17.3 Å². The molecule has 0 saturated carbocycles. The molecule has 0 fully saturated rings. The van der Waals surface area contributed by atoms with Crippen LogP contribution in [-0.4, -0.2) is 45.7 Å². The molecule has 0 bridgehead atoms.